The van der Waals surface area contributed by atoms with E-state index in [1.54, 1.807) is 6.26 Å². The maximum atomic E-state index is 5.46. The summed E-state index contributed by atoms with van der Waals surface area (Å²) in [5, 5.41) is 3.55. The normalized spacial score (nSPS) is 13.8. The van der Waals surface area contributed by atoms with Crippen LogP contribution in [0.1, 0.15) is 40.4 Å². The lowest BCUT2D eigenvalue weighted by Gasteiger charge is -2.33. The highest BCUT2D eigenvalue weighted by Crippen LogP contribution is 2.14. The Morgan fingerprint density at radius 2 is 2.00 bits per heavy atom. The summed E-state index contributed by atoms with van der Waals surface area (Å²) in [6.45, 7) is 14.2. The molecule has 0 aliphatic rings. The molecule has 0 saturated heterocycles. The van der Waals surface area contributed by atoms with E-state index < -0.39 is 0 Å². The van der Waals surface area contributed by atoms with Crippen molar-refractivity contribution in [3.05, 3.63) is 24.2 Å². The number of nitrogens with zero attached hydrogens (tertiary/aromatic N) is 1. The van der Waals surface area contributed by atoms with Crippen LogP contribution in [0.25, 0.3) is 0 Å². The molecule has 0 bridgehead atoms. The zero-order chi connectivity index (χ0) is 13.5. The van der Waals surface area contributed by atoms with Crippen molar-refractivity contribution in [2.45, 2.75) is 53.2 Å². The second-order valence-corrected chi connectivity index (χ2v) is 5.52. The van der Waals surface area contributed by atoms with E-state index in [9.17, 15) is 0 Å². The van der Waals surface area contributed by atoms with Crippen LogP contribution in [-0.4, -0.2) is 30.1 Å². The average Bonchev–Trinajstić information content (AvgIpc) is 2.79. The van der Waals surface area contributed by atoms with Crippen LogP contribution in [0.3, 0.4) is 0 Å². The van der Waals surface area contributed by atoms with Crippen LogP contribution in [0, 0.1) is 5.92 Å². The summed E-state index contributed by atoms with van der Waals surface area (Å²) in [4.78, 5) is 2.48. The van der Waals surface area contributed by atoms with E-state index in [2.05, 4.69) is 50.9 Å². The minimum atomic E-state index is 0.536. The topological polar surface area (TPSA) is 28.4 Å². The lowest BCUT2D eigenvalue weighted by atomic mass is 10.0. The van der Waals surface area contributed by atoms with E-state index in [1.807, 2.05) is 6.07 Å². The summed E-state index contributed by atoms with van der Waals surface area (Å²) in [5.74, 6) is 1.68. The van der Waals surface area contributed by atoms with Gasteiger partial charge >= 0.3 is 0 Å². The molecule has 1 atom stereocenters. The SMILES string of the molecule is CCN(Cc1ccco1)C(CNC(C)C)C(C)C. The van der Waals surface area contributed by atoms with Gasteiger partial charge in [0.2, 0.25) is 0 Å². The molecule has 104 valence electrons. The van der Waals surface area contributed by atoms with Crippen LogP contribution < -0.4 is 5.32 Å². The molecule has 0 radical (unpaired) electrons. The first-order valence-corrected chi connectivity index (χ1v) is 7.04. The third-order valence-corrected chi connectivity index (χ3v) is 3.32. The van der Waals surface area contributed by atoms with E-state index in [1.165, 1.54) is 0 Å². The molecule has 1 rings (SSSR count). The van der Waals surface area contributed by atoms with E-state index >= 15 is 0 Å². The Kier molecular flexibility index (Phi) is 6.44. The van der Waals surface area contributed by atoms with Gasteiger partial charge in [-0.2, -0.15) is 0 Å². The predicted octanol–water partition coefficient (Wildman–Crippen LogP) is 3.12. The molecule has 1 aromatic heterocycles. The Balaban J connectivity index is 2.62. The van der Waals surface area contributed by atoms with Gasteiger partial charge in [0.25, 0.3) is 0 Å². The quantitative estimate of drug-likeness (QED) is 0.770. The molecule has 1 aromatic rings. The van der Waals surface area contributed by atoms with Gasteiger partial charge < -0.3 is 9.73 Å². The summed E-state index contributed by atoms with van der Waals surface area (Å²) in [6, 6.07) is 5.09. The molecule has 18 heavy (non-hydrogen) atoms. The fourth-order valence-corrected chi connectivity index (χ4v) is 2.21. The Morgan fingerprint density at radius 1 is 1.28 bits per heavy atom. The predicted molar refractivity (Wildman–Crippen MR) is 76.6 cm³/mol. The lowest BCUT2D eigenvalue weighted by Crippen LogP contribution is -2.46. The van der Waals surface area contributed by atoms with Crippen molar-refractivity contribution in [2.75, 3.05) is 13.1 Å². The molecular weight excluding hydrogens is 224 g/mol. The van der Waals surface area contributed by atoms with Crippen molar-refractivity contribution in [1.82, 2.24) is 10.2 Å². The summed E-state index contributed by atoms with van der Waals surface area (Å²) in [5.41, 5.74) is 0. The summed E-state index contributed by atoms with van der Waals surface area (Å²) in [7, 11) is 0. The van der Waals surface area contributed by atoms with Crippen molar-refractivity contribution < 1.29 is 4.42 Å². The van der Waals surface area contributed by atoms with E-state index in [0.29, 0.717) is 18.0 Å². The van der Waals surface area contributed by atoms with Gasteiger partial charge in [-0.25, -0.2) is 0 Å². The zero-order valence-electron chi connectivity index (χ0n) is 12.4. The van der Waals surface area contributed by atoms with Gasteiger partial charge in [0.05, 0.1) is 12.8 Å². The maximum absolute atomic E-state index is 5.46. The van der Waals surface area contributed by atoms with Gasteiger partial charge in [-0.05, 0) is 24.6 Å². The molecule has 3 heteroatoms. The lowest BCUT2D eigenvalue weighted by molar-refractivity contribution is 0.139. The molecule has 0 saturated carbocycles. The molecule has 0 fully saturated rings. The first-order chi connectivity index (χ1) is 8.54. The number of furan rings is 1. The van der Waals surface area contributed by atoms with Gasteiger partial charge in [0.15, 0.2) is 0 Å². The van der Waals surface area contributed by atoms with Crippen LogP contribution in [0.15, 0.2) is 22.8 Å². The molecule has 1 unspecified atom stereocenters. The highest BCUT2D eigenvalue weighted by Gasteiger charge is 2.21. The monoisotopic (exact) mass is 252 g/mol. The fourth-order valence-electron chi connectivity index (χ4n) is 2.21. The maximum Gasteiger partial charge on any atom is 0.117 e. The van der Waals surface area contributed by atoms with Crippen molar-refractivity contribution in [2.24, 2.45) is 5.92 Å². The smallest absolute Gasteiger partial charge is 0.117 e. The minimum absolute atomic E-state index is 0.536. The van der Waals surface area contributed by atoms with E-state index in [0.717, 1.165) is 25.4 Å². The molecule has 0 amide bonds. The molecular formula is C15H28N2O. The number of hydrogen-bond donors (Lipinski definition) is 1. The first-order valence-electron chi connectivity index (χ1n) is 7.04. The van der Waals surface area contributed by atoms with Crippen molar-refractivity contribution >= 4 is 0 Å². The summed E-state index contributed by atoms with van der Waals surface area (Å²) in [6.07, 6.45) is 1.75. The Labute approximate surface area is 112 Å². The van der Waals surface area contributed by atoms with Crippen molar-refractivity contribution in [1.29, 1.82) is 0 Å². The first kappa shape index (κ1) is 15.3. The van der Waals surface area contributed by atoms with Gasteiger partial charge in [-0.15, -0.1) is 0 Å². The van der Waals surface area contributed by atoms with Gasteiger partial charge in [0, 0.05) is 18.6 Å². The Hall–Kier alpha value is -0.800. The Bertz CT molecular complexity index is 306. The fraction of sp³-hybridized carbons (Fsp3) is 0.733. The molecule has 3 nitrogen and oxygen atoms in total. The van der Waals surface area contributed by atoms with Crippen LogP contribution >= 0.6 is 0 Å². The standard InChI is InChI=1S/C15H28N2O/c1-6-17(11-14-8-7-9-18-14)15(12(2)3)10-16-13(4)5/h7-9,12-13,15-16H,6,10-11H2,1-5H3. The average molecular weight is 252 g/mol. The number of nitrogens with one attached hydrogen (secondary N) is 1. The van der Waals surface area contributed by atoms with Crippen LogP contribution in [0.4, 0.5) is 0 Å². The number of rotatable bonds is 8. The molecule has 0 aliphatic carbocycles. The molecule has 0 aliphatic heterocycles. The third kappa shape index (κ3) is 4.83. The highest BCUT2D eigenvalue weighted by atomic mass is 16.3. The molecule has 0 spiro atoms. The van der Waals surface area contributed by atoms with Crippen LogP contribution in [0.2, 0.25) is 0 Å². The molecule has 1 N–H and O–H groups in total. The van der Waals surface area contributed by atoms with Crippen LogP contribution in [0.5, 0.6) is 0 Å². The second-order valence-electron chi connectivity index (χ2n) is 5.52. The van der Waals surface area contributed by atoms with Gasteiger partial charge in [0.1, 0.15) is 5.76 Å². The third-order valence-electron chi connectivity index (χ3n) is 3.32. The largest absolute Gasteiger partial charge is 0.468 e. The second kappa shape index (κ2) is 7.59. The zero-order valence-corrected chi connectivity index (χ0v) is 12.4. The summed E-state index contributed by atoms with van der Waals surface area (Å²) < 4.78 is 5.46. The minimum Gasteiger partial charge on any atom is -0.468 e. The number of hydrogen-bond acceptors (Lipinski definition) is 3. The van der Waals surface area contributed by atoms with Crippen molar-refractivity contribution in [3.63, 3.8) is 0 Å². The van der Waals surface area contributed by atoms with E-state index in [-0.39, 0.29) is 0 Å². The van der Waals surface area contributed by atoms with E-state index in [4.69, 9.17) is 4.42 Å². The van der Waals surface area contributed by atoms with Gasteiger partial charge in [-0.3, -0.25) is 4.90 Å². The Morgan fingerprint density at radius 3 is 2.44 bits per heavy atom. The number of likely N-dealkylation sites (N-methyl/N-ethyl adjacent to an activating group) is 1. The molecule has 0 aromatic carbocycles. The van der Waals surface area contributed by atoms with Crippen molar-refractivity contribution in [3.8, 4) is 0 Å². The van der Waals surface area contributed by atoms with Gasteiger partial charge in [-0.1, -0.05) is 34.6 Å². The molecule has 1 heterocycles. The highest BCUT2D eigenvalue weighted by molar-refractivity contribution is 4.98. The van der Waals surface area contributed by atoms with Crippen LogP contribution in [-0.2, 0) is 6.54 Å². The summed E-state index contributed by atoms with van der Waals surface area (Å²) >= 11 is 0.